The maximum atomic E-state index is 11.6. The molecule has 1 unspecified atom stereocenters. The van der Waals surface area contributed by atoms with Gasteiger partial charge in [-0.2, -0.15) is 0 Å². The van der Waals surface area contributed by atoms with Crippen LogP contribution in [0.15, 0.2) is 30.3 Å². The Kier molecular flexibility index (Phi) is 6.13. The van der Waals surface area contributed by atoms with Crippen molar-refractivity contribution in [2.24, 2.45) is 0 Å². The first-order chi connectivity index (χ1) is 8.87. The zero-order valence-corrected chi connectivity index (χ0v) is 12.5. The van der Waals surface area contributed by atoms with Crippen molar-refractivity contribution in [2.45, 2.75) is 39.4 Å². The van der Waals surface area contributed by atoms with E-state index in [1.165, 1.54) is 0 Å². The topological polar surface area (TPSA) is 52.6 Å². The summed E-state index contributed by atoms with van der Waals surface area (Å²) in [4.78, 5) is 11.4. The molecule has 0 N–H and O–H groups in total. The Morgan fingerprint density at radius 2 is 1.84 bits per heavy atom. The highest BCUT2D eigenvalue weighted by atomic mass is 31.1. The summed E-state index contributed by atoms with van der Waals surface area (Å²) in [5.74, 6) is -0.348. The van der Waals surface area contributed by atoms with Crippen LogP contribution in [0.2, 0.25) is 0 Å². The first-order valence-corrected chi connectivity index (χ1v) is 7.56. The summed E-state index contributed by atoms with van der Waals surface area (Å²) in [6.45, 7) is 5.70. The standard InChI is InChI=1S/C14H20O4P/c1-14(2,3)18-13(15)9-10-19(16)17-11-12-7-5-4-6-8-12/h4-8H,9-11H2,1-3H3/q+1. The van der Waals surface area contributed by atoms with Crippen molar-refractivity contribution in [3.05, 3.63) is 35.9 Å². The van der Waals surface area contributed by atoms with Gasteiger partial charge < -0.3 is 4.74 Å². The lowest BCUT2D eigenvalue weighted by Gasteiger charge is -2.18. The van der Waals surface area contributed by atoms with Crippen LogP contribution in [-0.4, -0.2) is 17.7 Å². The van der Waals surface area contributed by atoms with Crippen LogP contribution in [0.3, 0.4) is 0 Å². The number of hydrogen-bond acceptors (Lipinski definition) is 4. The van der Waals surface area contributed by atoms with Gasteiger partial charge in [-0.05, 0) is 30.9 Å². The lowest BCUT2D eigenvalue weighted by atomic mass is 10.2. The Morgan fingerprint density at radius 3 is 2.42 bits per heavy atom. The molecule has 0 spiro atoms. The third-order valence-electron chi connectivity index (χ3n) is 2.14. The smallest absolute Gasteiger partial charge is 0.460 e. The first-order valence-electron chi connectivity index (χ1n) is 6.20. The lowest BCUT2D eigenvalue weighted by Crippen LogP contribution is -2.24. The van der Waals surface area contributed by atoms with Gasteiger partial charge in [0.15, 0.2) is 6.16 Å². The highest BCUT2D eigenvalue weighted by Crippen LogP contribution is 2.25. The van der Waals surface area contributed by atoms with E-state index < -0.39 is 13.6 Å². The fraction of sp³-hybridized carbons (Fsp3) is 0.500. The minimum Gasteiger partial charge on any atom is -0.460 e. The molecule has 0 aliphatic rings. The summed E-state index contributed by atoms with van der Waals surface area (Å²) in [6, 6.07) is 9.50. The van der Waals surface area contributed by atoms with E-state index in [2.05, 4.69) is 0 Å². The molecule has 0 radical (unpaired) electrons. The fourth-order valence-corrected chi connectivity index (χ4v) is 2.15. The van der Waals surface area contributed by atoms with E-state index in [0.29, 0.717) is 6.61 Å². The molecule has 0 aliphatic carbocycles. The number of hydrogen-bond donors (Lipinski definition) is 0. The Labute approximate surface area is 115 Å². The average molecular weight is 283 g/mol. The molecule has 104 valence electrons. The van der Waals surface area contributed by atoms with E-state index >= 15 is 0 Å². The number of rotatable bonds is 6. The molecule has 0 aliphatic heterocycles. The second-order valence-corrected chi connectivity index (χ2v) is 6.52. The van der Waals surface area contributed by atoms with Gasteiger partial charge in [0, 0.05) is 0 Å². The Hall–Kier alpha value is -1.25. The van der Waals surface area contributed by atoms with Gasteiger partial charge in [0.05, 0.1) is 6.42 Å². The highest BCUT2D eigenvalue weighted by Gasteiger charge is 2.23. The van der Waals surface area contributed by atoms with Gasteiger partial charge in [0.1, 0.15) is 12.2 Å². The van der Waals surface area contributed by atoms with Crippen LogP contribution in [0.1, 0.15) is 32.8 Å². The highest BCUT2D eigenvalue weighted by molar-refractivity contribution is 7.39. The lowest BCUT2D eigenvalue weighted by molar-refractivity contribution is -0.154. The van der Waals surface area contributed by atoms with Gasteiger partial charge in [-0.25, -0.2) is 0 Å². The molecule has 1 rings (SSSR count). The van der Waals surface area contributed by atoms with E-state index in [1.54, 1.807) is 20.8 Å². The van der Waals surface area contributed by atoms with E-state index in [0.717, 1.165) is 5.56 Å². The molecular weight excluding hydrogens is 263 g/mol. The molecule has 1 aromatic rings. The van der Waals surface area contributed by atoms with Gasteiger partial charge >= 0.3 is 14.0 Å². The summed E-state index contributed by atoms with van der Waals surface area (Å²) in [6.07, 6.45) is 0.304. The first kappa shape index (κ1) is 15.8. The third kappa shape index (κ3) is 7.70. The van der Waals surface area contributed by atoms with Crippen molar-refractivity contribution >= 4 is 14.0 Å². The van der Waals surface area contributed by atoms with Crippen molar-refractivity contribution in [1.29, 1.82) is 0 Å². The van der Waals surface area contributed by atoms with E-state index in [1.807, 2.05) is 30.3 Å². The van der Waals surface area contributed by atoms with Crippen molar-refractivity contribution in [3.8, 4) is 0 Å². The van der Waals surface area contributed by atoms with Crippen molar-refractivity contribution in [2.75, 3.05) is 6.16 Å². The third-order valence-corrected chi connectivity index (χ3v) is 3.14. The van der Waals surface area contributed by atoms with Gasteiger partial charge in [-0.15, -0.1) is 4.52 Å². The van der Waals surface area contributed by atoms with E-state index in [4.69, 9.17) is 9.26 Å². The van der Waals surface area contributed by atoms with Crippen LogP contribution in [-0.2, 0) is 25.2 Å². The van der Waals surface area contributed by atoms with Crippen LogP contribution < -0.4 is 0 Å². The molecule has 0 aromatic heterocycles. The van der Waals surface area contributed by atoms with Gasteiger partial charge in [0.25, 0.3) is 0 Å². The van der Waals surface area contributed by atoms with Gasteiger partial charge in [-0.3, -0.25) is 4.79 Å². The molecule has 5 heteroatoms. The number of benzene rings is 1. The molecule has 1 atom stereocenters. The molecule has 19 heavy (non-hydrogen) atoms. The molecule has 0 amide bonds. The number of carbonyl (C=O) groups excluding carboxylic acids is 1. The monoisotopic (exact) mass is 283 g/mol. The second kappa shape index (κ2) is 7.37. The maximum absolute atomic E-state index is 11.6. The molecule has 0 saturated carbocycles. The molecule has 0 bridgehead atoms. The Bertz CT molecular complexity index is 423. The summed E-state index contributed by atoms with van der Waals surface area (Å²) in [5, 5.41) is 0. The predicted octanol–water partition coefficient (Wildman–Crippen LogP) is 3.68. The quantitative estimate of drug-likeness (QED) is 0.590. The van der Waals surface area contributed by atoms with E-state index in [9.17, 15) is 9.36 Å². The zero-order valence-electron chi connectivity index (χ0n) is 11.6. The zero-order chi connectivity index (χ0) is 14.3. The normalized spacial score (nSPS) is 12.1. The number of esters is 1. The average Bonchev–Trinajstić information content (AvgIpc) is 2.33. The van der Waals surface area contributed by atoms with Crippen molar-refractivity contribution in [1.82, 2.24) is 0 Å². The van der Waals surface area contributed by atoms with Crippen molar-refractivity contribution < 1.29 is 18.6 Å². The summed E-state index contributed by atoms with van der Waals surface area (Å²) < 4.78 is 21.9. The molecule has 1 aromatic carbocycles. The Balaban J connectivity index is 2.23. The predicted molar refractivity (Wildman–Crippen MR) is 74.2 cm³/mol. The van der Waals surface area contributed by atoms with Crippen LogP contribution in [0.5, 0.6) is 0 Å². The SMILES string of the molecule is CC(C)(C)OC(=O)CC[P+](=O)OCc1ccccc1. The molecule has 0 fully saturated rings. The van der Waals surface area contributed by atoms with Gasteiger partial charge in [-0.1, -0.05) is 30.3 Å². The second-order valence-electron chi connectivity index (χ2n) is 5.15. The van der Waals surface area contributed by atoms with Crippen LogP contribution in [0.4, 0.5) is 0 Å². The maximum Gasteiger partial charge on any atom is 0.509 e. The number of carbonyl (C=O) groups is 1. The van der Waals surface area contributed by atoms with Crippen LogP contribution >= 0.6 is 8.03 Å². The van der Waals surface area contributed by atoms with Crippen LogP contribution in [0.25, 0.3) is 0 Å². The van der Waals surface area contributed by atoms with Gasteiger partial charge in [0.2, 0.25) is 0 Å². The summed E-state index contributed by atoms with van der Waals surface area (Å²) in [7, 11) is -1.83. The van der Waals surface area contributed by atoms with Crippen molar-refractivity contribution in [3.63, 3.8) is 0 Å². The minimum atomic E-state index is -1.83. The molecule has 4 nitrogen and oxygen atoms in total. The molecular formula is C14H20O4P+. The van der Waals surface area contributed by atoms with E-state index in [-0.39, 0.29) is 18.6 Å². The largest absolute Gasteiger partial charge is 0.509 e. The summed E-state index contributed by atoms with van der Waals surface area (Å²) in [5.41, 5.74) is 0.455. The molecule has 0 saturated heterocycles. The number of ether oxygens (including phenoxy) is 1. The summed E-state index contributed by atoms with van der Waals surface area (Å²) >= 11 is 0. The van der Waals surface area contributed by atoms with Crippen LogP contribution in [0, 0.1) is 0 Å². The Morgan fingerprint density at radius 1 is 1.21 bits per heavy atom. The fourth-order valence-electron chi connectivity index (χ4n) is 1.36. The molecule has 0 heterocycles. The minimum absolute atomic E-state index is 0.112.